The molecule has 0 spiro atoms. The molecule has 0 heterocycles. The normalized spacial score (nSPS) is 12.6. The Hall–Kier alpha value is -1.41. The van der Waals surface area contributed by atoms with E-state index in [2.05, 4.69) is 0 Å². The van der Waals surface area contributed by atoms with E-state index in [-0.39, 0.29) is 11.1 Å². The van der Waals surface area contributed by atoms with Gasteiger partial charge in [-0.2, -0.15) is 0 Å². The zero-order chi connectivity index (χ0) is 12.3. The van der Waals surface area contributed by atoms with Gasteiger partial charge < -0.3 is 9.84 Å². The summed E-state index contributed by atoms with van der Waals surface area (Å²) in [6.45, 7) is 2.53. The fourth-order valence-corrected chi connectivity index (χ4v) is 1.80. The van der Waals surface area contributed by atoms with Crippen molar-refractivity contribution in [3.05, 3.63) is 36.4 Å². The Morgan fingerprint density at radius 2 is 1.88 bits per heavy atom. The van der Waals surface area contributed by atoms with Gasteiger partial charge in [0, 0.05) is 16.1 Å². The predicted molar refractivity (Wildman–Crippen MR) is 71.0 cm³/mol. The topological polar surface area (TPSA) is 29.5 Å². The van der Waals surface area contributed by atoms with Gasteiger partial charge in [-0.3, -0.25) is 0 Å². The molecule has 0 saturated heterocycles. The fraction of sp³-hybridized carbons (Fsp3) is 0.286. The summed E-state index contributed by atoms with van der Waals surface area (Å²) in [5.41, 5.74) is 0. The highest BCUT2D eigenvalue weighted by Crippen LogP contribution is 2.32. The van der Waals surface area contributed by atoms with Crippen LogP contribution >= 0.6 is 11.6 Å². The third-order valence-corrected chi connectivity index (χ3v) is 2.85. The largest absolute Gasteiger partial charge is 0.507 e. The van der Waals surface area contributed by atoms with Gasteiger partial charge in [-0.1, -0.05) is 24.3 Å². The summed E-state index contributed by atoms with van der Waals surface area (Å²) in [5.74, 6) is 1.06. The fourth-order valence-electron chi connectivity index (χ4n) is 1.71. The molecular weight excluding hydrogens is 236 g/mol. The van der Waals surface area contributed by atoms with Crippen LogP contribution in [-0.2, 0) is 0 Å². The number of hydrogen-bond donors (Lipinski definition) is 1. The molecule has 2 rings (SSSR count). The second-order valence-corrected chi connectivity index (χ2v) is 4.79. The molecule has 0 amide bonds. The molecule has 1 unspecified atom stereocenters. The van der Waals surface area contributed by atoms with E-state index >= 15 is 0 Å². The first-order chi connectivity index (χ1) is 8.18. The molecule has 3 heteroatoms. The number of aromatic hydroxyl groups is 1. The van der Waals surface area contributed by atoms with Gasteiger partial charge >= 0.3 is 0 Å². The lowest BCUT2D eigenvalue weighted by Gasteiger charge is -2.10. The summed E-state index contributed by atoms with van der Waals surface area (Å²) < 4.78 is 5.69. The summed E-state index contributed by atoms with van der Waals surface area (Å²) in [4.78, 5) is 0. The van der Waals surface area contributed by atoms with E-state index in [4.69, 9.17) is 16.3 Å². The van der Waals surface area contributed by atoms with Crippen molar-refractivity contribution < 1.29 is 9.84 Å². The Morgan fingerprint density at radius 3 is 2.59 bits per heavy atom. The summed E-state index contributed by atoms with van der Waals surface area (Å²) in [6, 6.07) is 11.1. The number of alkyl halides is 1. The van der Waals surface area contributed by atoms with Gasteiger partial charge in [0.15, 0.2) is 0 Å². The number of hydrogen-bond acceptors (Lipinski definition) is 2. The Morgan fingerprint density at radius 1 is 1.18 bits per heavy atom. The minimum atomic E-state index is 0.110. The quantitative estimate of drug-likeness (QED) is 0.833. The molecule has 0 aliphatic carbocycles. The van der Waals surface area contributed by atoms with E-state index in [0.717, 1.165) is 22.9 Å². The van der Waals surface area contributed by atoms with E-state index in [1.165, 1.54) is 0 Å². The summed E-state index contributed by atoms with van der Waals surface area (Å²) in [5, 5.41) is 11.6. The molecule has 90 valence electrons. The highest BCUT2D eigenvalue weighted by atomic mass is 35.5. The molecule has 0 radical (unpaired) electrons. The maximum atomic E-state index is 9.73. The first-order valence-corrected chi connectivity index (χ1v) is 6.09. The molecular formula is C14H15ClO2. The van der Waals surface area contributed by atoms with Gasteiger partial charge in [0.1, 0.15) is 11.5 Å². The van der Waals surface area contributed by atoms with E-state index in [0.29, 0.717) is 6.61 Å². The van der Waals surface area contributed by atoms with Crippen molar-refractivity contribution in [3.8, 4) is 11.5 Å². The van der Waals surface area contributed by atoms with Crippen molar-refractivity contribution in [1.82, 2.24) is 0 Å². The molecule has 0 aromatic heterocycles. The monoisotopic (exact) mass is 250 g/mol. The smallest absolute Gasteiger partial charge is 0.127 e. The van der Waals surface area contributed by atoms with Crippen LogP contribution in [0.2, 0.25) is 0 Å². The van der Waals surface area contributed by atoms with Crippen LogP contribution in [0.15, 0.2) is 36.4 Å². The van der Waals surface area contributed by atoms with Crippen molar-refractivity contribution in [2.24, 2.45) is 0 Å². The van der Waals surface area contributed by atoms with Crippen LogP contribution < -0.4 is 4.74 Å². The zero-order valence-electron chi connectivity index (χ0n) is 9.69. The van der Waals surface area contributed by atoms with Crippen molar-refractivity contribution in [2.75, 3.05) is 6.61 Å². The lowest BCUT2D eigenvalue weighted by atomic mass is 10.1. The summed E-state index contributed by atoms with van der Waals surface area (Å²) >= 11 is 5.87. The predicted octanol–water partition coefficient (Wildman–Crippen LogP) is 3.94. The maximum Gasteiger partial charge on any atom is 0.127 e. The third-order valence-electron chi connectivity index (χ3n) is 2.63. The van der Waals surface area contributed by atoms with Crippen LogP contribution in [0.5, 0.6) is 11.5 Å². The van der Waals surface area contributed by atoms with Gasteiger partial charge in [0.2, 0.25) is 0 Å². The molecule has 0 saturated carbocycles. The Labute approximate surface area is 106 Å². The Balaban J connectivity index is 2.26. The van der Waals surface area contributed by atoms with E-state index in [9.17, 15) is 5.11 Å². The number of phenols is 1. The highest BCUT2D eigenvalue weighted by Gasteiger charge is 2.06. The van der Waals surface area contributed by atoms with Crippen molar-refractivity contribution >= 4 is 22.4 Å². The number of benzene rings is 2. The van der Waals surface area contributed by atoms with Crippen LogP contribution in [0.25, 0.3) is 10.8 Å². The third kappa shape index (κ3) is 2.83. The Kier molecular flexibility index (Phi) is 3.75. The molecule has 2 aromatic rings. The first-order valence-electron chi connectivity index (χ1n) is 5.66. The Bertz CT molecular complexity index is 509. The molecule has 17 heavy (non-hydrogen) atoms. The first kappa shape index (κ1) is 12.1. The minimum absolute atomic E-state index is 0.110. The van der Waals surface area contributed by atoms with Crippen molar-refractivity contribution in [1.29, 1.82) is 0 Å². The lowest BCUT2D eigenvalue weighted by molar-refractivity contribution is 0.314. The molecule has 0 aliphatic rings. The van der Waals surface area contributed by atoms with Crippen molar-refractivity contribution in [2.45, 2.75) is 18.7 Å². The van der Waals surface area contributed by atoms with Crippen LogP contribution in [-0.4, -0.2) is 17.1 Å². The van der Waals surface area contributed by atoms with E-state index in [1.807, 2.05) is 31.2 Å². The van der Waals surface area contributed by atoms with Gasteiger partial charge in [-0.15, -0.1) is 11.6 Å². The van der Waals surface area contributed by atoms with Gasteiger partial charge in [0.25, 0.3) is 0 Å². The summed E-state index contributed by atoms with van der Waals surface area (Å²) in [7, 11) is 0. The molecule has 1 N–H and O–H groups in total. The van der Waals surface area contributed by atoms with Gasteiger partial charge in [-0.05, 0) is 25.5 Å². The number of halogens is 1. The zero-order valence-corrected chi connectivity index (χ0v) is 10.4. The van der Waals surface area contributed by atoms with Crippen LogP contribution in [0.4, 0.5) is 0 Å². The second kappa shape index (κ2) is 5.28. The van der Waals surface area contributed by atoms with Crippen LogP contribution in [0.1, 0.15) is 13.3 Å². The minimum Gasteiger partial charge on any atom is -0.507 e. The van der Waals surface area contributed by atoms with E-state index < -0.39 is 0 Å². The van der Waals surface area contributed by atoms with Crippen LogP contribution in [0, 0.1) is 0 Å². The summed E-state index contributed by atoms with van der Waals surface area (Å²) in [6.07, 6.45) is 0.802. The highest BCUT2D eigenvalue weighted by molar-refractivity contribution is 6.20. The van der Waals surface area contributed by atoms with Gasteiger partial charge in [-0.25, -0.2) is 0 Å². The number of rotatable bonds is 4. The standard InChI is InChI=1S/C14H15ClO2/c1-10(15)8-9-17-14-7-6-13(16)11-4-2-3-5-12(11)14/h2-7,10,16H,8-9H2,1H3. The number of ether oxygens (including phenoxy) is 1. The number of phenolic OH excluding ortho intramolecular Hbond substituents is 1. The van der Waals surface area contributed by atoms with Crippen molar-refractivity contribution in [3.63, 3.8) is 0 Å². The number of fused-ring (bicyclic) bond motifs is 1. The lowest BCUT2D eigenvalue weighted by Crippen LogP contribution is -2.03. The van der Waals surface area contributed by atoms with E-state index in [1.54, 1.807) is 12.1 Å². The average Bonchev–Trinajstić information content (AvgIpc) is 2.32. The van der Waals surface area contributed by atoms with Crippen LogP contribution in [0.3, 0.4) is 0 Å². The molecule has 0 aliphatic heterocycles. The average molecular weight is 251 g/mol. The molecule has 0 fully saturated rings. The molecule has 1 atom stereocenters. The second-order valence-electron chi connectivity index (χ2n) is 4.05. The SMILES string of the molecule is CC(Cl)CCOc1ccc(O)c2ccccc12. The molecule has 2 nitrogen and oxygen atoms in total. The maximum absolute atomic E-state index is 9.73. The van der Waals surface area contributed by atoms with Gasteiger partial charge in [0.05, 0.1) is 6.61 Å². The molecule has 2 aromatic carbocycles. The molecule has 0 bridgehead atoms.